The fraction of sp³-hybridized carbons (Fsp3) is 0.696. The van der Waals surface area contributed by atoms with Gasteiger partial charge in [-0.15, -0.1) is 0 Å². The zero-order valence-corrected chi connectivity index (χ0v) is 19.5. The molecular weight excluding hydrogens is 386 g/mol. The maximum atomic E-state index is 11.3. The third-order valence-electron chi connectivity index (χ3n) is 6.59. The number of phenolic OH excluding ortho intramolecular Hbond substituents is 1. The second-order valence-corrected chi connectivity index (χ2v) is 10.2. The number of carbonyl (C=O) groups is 1. The van der Waals surface area contributed by atoms with Gasteiger partial charge in [0.15, 0.2) is 0 Å². The van der Waals surface area contributed by atoms with Gasteiger partial charge in [0.2, 0.25) is 5.60 Å². The van der Waals surface area contributed by atoms with Gasteiger partial charge in [0.25, 0.3) is 0 Å². The number of aliphatic carboxylic acids is 1. The molecule has 1 aromatic rings. The lowest BCUT2D eigenvalue weighted by molar-refractivity contribution is -0.257. The molecule has 0 spiro atoms. The molecule has 170 valence electrons. The van der Waals surface area contributed by atoms with E-state index in [0.717, 1.165) is 22.3 Å². The maximum Gasteiger partial charge on any atom is 0.347 e. The monoisotopic (exact) mass is 423 g/mol. The van der Waals surface area contributed by atoms with Crippen molar-refractivity contribution in [3.8, 4) is 11.5 Å². The topological polar surface area (TPSA) is 110 Å². The summed E-state index contributed by atoms with van der Waals surface area (Å²) in [6.07, 6.45) is 2.00. The molecule has 7 nitrogen and oxygen atoms in total. The summed E-state index contributed by atoms with van der Waals surface area (Å²) >= 11 is 0. The van der Waals surface area contributed by atoms with Crippen LogP contribution in [0.2, 0.25) is 0 Å². The zero-order valence-electron chi connectivity index (χ0n) is 19.5. The normalized spacial score (nSPS) is 25.5. The first-order chi connectivity index (χ1) is 13.5. The van der Waals surface area contributed by atoms with Gasteiger partial charge in [0.1, 0.15) is 11.5 Å². The van der Waals surface area contributed by atoms with E-state index in [2.05, 4.69) is 0 Å². The van der Waals surface area contributed by atoms with Crippen LogP contribution in [0.25, 0.3) is 0 Å². The summed E-state index contributed by atoms with van der Waals surface area (Å²) in [5.74, 6) is -0.0383. The van der Waals surface area contributed by atoms with Gasteiger partial charge in [0.05, 0.1) is 6.10 Å². The first kappa shape index (κ1) is 24.4. The molecule has 1 atom stereocenters. The lowest BCUT2D eigenvalue weighted by Gasteiger charge is -2.50. The molecule has 0 bridgehead atoms. The number of fused-ring (bicyclic) bond motifs is 1. The number of aliphatic hydroxyl groups is 1. The summed E-state index contributed by atoms with van der Waals surface area (Å²) in [4.78, 5) is 11.3. The van der Waals surface area contributed by atoms with Crippen molar-refractivity contribution in [2.24, 2.45) is 0 Å². The van der Waals surface area contributed by atoms with Crippen LogP contribution in [-0.2, 0) is 11.2 Å². The van der Waals surface area contributed by atoms with Crippen molar-refractivity contribution in [1.82, 2.24) is 5.06 Å². The van der Waals surface area contributed by atoms with Crippen LogP contribution in [0.5, 0.6) is 11.5 Å². The SMILES string of the molecule is CC1(C)CC(O)CC(C)(C)N1O.Cc1c(C)c2c(c(C)c1O)CCC(C)(C(=O)O)O2. The molecule has 2 aliphatic heterocycles. The number of aromatic hydroxyl groups is 1. The van der Waals surface area contributed by atoms with Crippen molar-refractivity contribution in [2.75, 3.05) is 0 Å². The fourth-order valence-electron chi connectivity index (χ4n) is 4.62. The first-order valence-electron chi connectivity index (χ1n) is 10.4. The number of hydrogen-bond donors (Lipinski definition) is 4. The Morgan fingerprint density at radius 2 is 1.50 bits per heavy atom. The van der Waals surface area contributed by atoms with Gasteiger partial charge < -0.3 is 25.3 Å². The minimum atomic E-state index is -1.17. The highest BCUT2D eigenvalue weighted by atomic mass is 16.5. The predicted molar refractivity (Wildman–Crippen MR) is 114 cm³/mol. The maximum absolute atomic E-state index is 11.3. The molecule has 2 aliphatic rings. The summed E-state index contributed by atoms with van der Waals surface area (Å²) in [6, 6.07) is 0. The molecule has 3 rings (SSSR count). The number of hydrogen-bond acceptors (Lipinski definition) is 6. The lowest BCUT2D eigenvalue weighted by Crippen LogP contribution is -2.60. The van der Waals surface area contributed by atoms with Crippen molar-refractivity contribution in [2.45, 2.75) is 104 Å². The predicted octanol–water partition coefficient (Wildman–Crippen LogP) is 3.88. The molecule has 4 N–H and O–H groups in total. The van der Waals surface area contributed by atoms with Crippen molar-refractivity contribution in [1.29, 1.82) is 0 Å². The molecule has 2 heterocycles. The van der Waals surface area contributed by atoms with Gasteiger partial charge >= 0.3 is 5.97 Å². The number of aliphatic hydroxyl groups excluding tert-OH is 1. The molecular formula is C23H37NO6. The minimum absolute atomic E-state index is 0.286. The summed E-state index contributed by atoms with van der Waals surface area (Å²) in [5, 5.41) is 40.0. The van der Waals surface area contributed by atoms with Gasteiger partial charge in [-0.25, -0.2) is 4.79 Å². The standard InChI is InChI=1S/C14H18O4.C9H19NO2/c1-7-8(2)12-10(9(3)11(7)15)5-6-14(4,18-12)13(16)17;1-8(2)5-7(11)6-9(3,4)10(8)12/h15H,5-6H2,1-4H3,(H,16,17);7,11-12H,5-6H2,1-4H3. The molecule has 1 unspecified atom stereocenters. The van der Waals surface area contributed by atoms with Crippen LogP contribution in [0.3, 0.4) is 0 Å². The van der Waals surface area contributed by atoms with E-state index in [0.29, 0.717) is 31.4 Å². The average molecular weight is 424 g/mol. The van der Waals surface area contributed by atoms with E-state index in [1.807, 2.05) is 48.5 Å². The van der Waals surface area contributed by atoms with E-state index in [9.17, 15) is 25.3 Å². The zero-order chi connectivity index (χ0) is 23.2. The highest BCUT2D eigenvalue weighted by molar-refractivity contribution is 5.78. The van der Waals surface area contributed by atoms with Crippen LogP contribution in [0, 0.1) is 20.8 Å². The summed E-state index contributed by atoms with van der Waals surface area (Å²) in [5.41, 5.74) is 1.48. The van der Waals surface area contributed by atoms with Crippen LogP contribution in [-0.4, -0.2) is 54.3 Å². The molecule has 1 aromatic carbocycles. The average Bonchev–Trinajstić information content (AvgIpc) is 2.62. The third kappa shape index (κ3) is 4.43. The van der Waals surface area contributed by atoms with Gasteiger partial charge in [-0.1, -0.05) is 0 Å². The van der Waals surface area contributed by atoms with E-state index in [4.69, 9.17) is 4.74 Å². The number of nitrogens with zero attached hydrogens (tertiary/aromatic N) is 1. The number of carboxylic acid groups (broad SMARTS) is 1. The number of phenols is 1. The molecule has 1 fully saturated rings. The van der Waals surface area contributed by atoms with Gasteiger partial charge in [-0.05, 0) is 91.3 Å². The van der Waals surface area contributed by atoms with E-state index in [1.54, 1.807) is 6.92 Å². The summed E-state index contributed by atoms with van der Waals surface area (Å²) in [7, 11) is 0. The van der Waals surface area contributed by atoms with Gasteiger partial charge in [-0.3, -0.25) is 0 Å². The van der Waals surface area contributed by atoms with E-state index in [1.165, 1.54) is 5.06 Å². The Morgan fingerprint density at radius 1 is 1.00 bits per heavy atom. The highest BCUT2D eigenvalue weighted by Crippen LogP contribution is 2.43. The number of ether oxygens (including phenoxy) is 1. The van der Waals surface area contributed by atoms with Crippen molar-refractivity contribution in [3.63, 3.8) is 0 Å². The summed E-state index contributed by atoms with van der Waals surface area (Å²) in [6.45, 7) is 14.9. The molecule has 30 heavy (non-hydrogen) atoms. The Kier molecular flexibility index (Phi) is 6.53. The number of piperidine rings is 1. The fourth-order valence-corrected chi connectivity index (χ4v) is 4.62. The minimum Gasteiger partial charge on any atom is -0.507 e. The number of carboxylic acids is 1. The molecule has 0 aliphatic carbocycles. The smallest absolute Gasteiger partial charge is 0.347 e. The molecule has 1 saturated heterocycles. The van der Waals surface area contributed by atoms with Crippen LogP contribution in [0.1, 0.15) is 76.1 Å². The molecule has 0 saturated carbocycles. The Morgan fingerprint density at radius 3 is 1.97 bits per heavy atom. The van der Waals surface area contributed by atoms with Crippen molar-refractivity contribution < 1.29 is 30.1 Å². The Bertz CT molecular complexity index is 814. The quantitative estimate of drug-likeness (QED) is 0.542. The largest absolute Gasteiger partial charge is 0.507 e. The van der Waals surface area contributed by atoms with Crippen molar-refractivity contribution in [3.05, 3.63) is 22.3 Å². The third-order valence-corrected chi connectivity index (χ3v) is 6.59. The Labute approximate surface area is 179 Å². The van der Waals surface area contributed by atoms with Crippen LogP contribution < -0.4 is 4.74 Å². The second kappa shape index (κ2) is 8.02. The van der Waals surface area contributed by atoms with Gasteiger partial charge in [0, 0.05) is 23.1 Å². The number of rotatable bonds is 1. The van der Waals surface area contributed by atoms with Crippen molar-refractivity contribution >= 4 is 5.97 Å². The molecule has 0 radical (unpaired) electrons. The van der Waals surface area contributed by atoms with Crippen LogP contribution in [0.15, 0.2) is 0 Å². The number of benzene rings is 1. The number of hydroxylamine groups is 2. The lowest BCUT2D eigenvalue weighted by atomic mass is 9.80. The van der Waals surface area contributed by atoms with E-state index >= 15 is 0 Å². The van der Waals surface area contributed by atoms with E-state index in [-0.39, 0.29) is 22.9 Å². The van der Waals surface area contributed by atoms with Gasteiger partial charge in [-0.2, -0.15) is 5.06 Å². The summed E-state index contributed by atoms with van der Waals surface area (Å²) < 4.78 is 5.72. The highest BCUT2D eigenvalue weighted by Gasteiger charge is 2.44. The van der Waals surface area contributed by atoms with Crippen LogP contribution in [0.4, 0.5) is 0 Å². The van der Waals surface area contributed by atoms with Crippen LogP contribution >= 0.6 is 0 Å². The second-order valence-electron chi connectivity index (χ2n) is 10.2. The first-order valence-corrected chi connectivity index (χ1v) is 10.4. The Hall–Kier alpha value is -1.83. The molecule has 0 aromatic heterocycles. The Balaban J connectivity index is 0.000000232. The molecule has 7 heteroatoms. The molecule has 0 amide bonds. The van der Waals surface area contributed by atoms with E-state index < -0.39 is 11.6 Å².